The van der Waals surface area contributed by atoms with Crippen molar-refractivity contribution < 1.29 is 14.6 Å². The number of benzene rings is 1. The Labute approximate surface area is 89.6 Å². The van der Waals surface area contributed by atoms with Crippen molar-refractivity contribution >= 4 is 0 Å². The van der Waals surface area contributed by atoms with Crippen LogP contribution in [0.1, 0.15) is 0 Å². The van der Waals surface area contributed by atoms with Crippen molar-refractivity contribution in [2.75, 3.05) is 0 Å². The van der Waals surface area contributed by atoms with Crippen molar-refractivity contribution in [2.24, 2.45) is 7.05 Å². The van der Waals surface area contributed by atoms with Crippen molar-refractivity contribution in [2.45, 2.75) is 0 Å². The van der Waals surface area contributed by atoms with E-state index < -0.39 is 17.3 Å². The van der Waals surface area contributed by atoms with Gasteiger partial charge in [0.1, 0.15) is 0 Å². The molecule has 6 heteroatoms. The van der Waals surface area contributed by atoms with Gasteiger partial charge in [-0.3, -0.25) is 4.57 Å². The Kier molecular flexibility index (Phi) is 2.19. The number of rotatable bonds is 1. The van der Waals surface area contributed by atoms with Gasteiger partial charge in [0.05, 0.1) is 11.9 Å². The summed E-state index contributed by atoms with van der Waals surface area (Å²) in [4.78, 5) is 11.6. The van der Waals surface area contributed by atoms with E-state index in [1.807, 2.05) is 0 Å². The largest absolute Gasteiger partial charge is 0.505 e. The summed E-state index contributed by atoms with van der Waals surface area (Å²) in [5.74, 6) is -1.66. The van der Waals surface area contributed by atoms with Gasteiger partial charge >= 0.3 is 5.69 Å². The first-order valence-corrected chi connectivity index (χ1v) is 4.47. The molecule has 1 heterocycles. The number of halogens is 1. The maximum absolute atomic E-state index is 13.1. The van der Waals surface area contributed by atoms with Gasteiger partial charge in [0.15, 0.2) is 11.6 Å². The highest BCUT2D eigenvalue weighted by atomic mass is 19.1. The molecule has 2 N–H and O–H groups in total. The first kappa shape index (κ1) is 10.3. The number of aryl methyl sites for hydroxylation is 1. The summed E-state index contributed by atoms with van der Waals surface area (Å²) < 4.78 is 15.2. The minimum atomic E-state index is -0.854. The van der Waals surface area contributed by atoms with Crippen LogP contribution in [-0.4, -0.2) is 19.3 Å². The molecule has 16 heavy (non-hydrogen) atoms. The lowest BCUT2D eigenvalue weighted by Gasteiger charge is -2.03. The number of nitrogens with zero attached hydrogens (tertiary/aromatic N) is 2. The summed E-state index contributed by atoms with van der Waals surface area (Å²) in [6.07, 6.45) is 1.22. The van der Waals surface area contributed by atoms with Crippen LogP contribution < -0.4 is 5.69 Å². The summed E-state index contributed by atoms with van der Waals surface area (Å²) in [6, 6.07) is 3.42. The molecule has 0 amide bonds. The van der Waals surface area contributed by atoms with Crippen LogP contribution in [0.5, 0.6) is 11.6 Å². The third-order valence-corrected chi connectivity index (χ3v) is 2.22. The van der Waals surface area contributed by atoms with Crippen LogP contribution >= 0.6 is 0 Å². The van der Waals surface area contributed by atoms with Crippen LogP contribution in [0, 0.1) is 5.82 Å². The highest BCUT2D eigenvalue weighted by Gasteiger charge is 2.11. The van der Waals surface area contributed by atoms with Crippen molar-refractivity contribution in [3.8, 4) is 17.3 Å². The van der Waals surface area contributed by atoms with Crippen molar-refractivity contribution in [3.05, 3.63) is 40.7 Å². The number of aromatic nitrogens is 2. The molecule has 1 aromatic heterocycles. The van der Waals surface area contributed by atoms with E-state index >= 15 is 0 Å². The predicted molar refractivity (Wildman–Crippen MR) is 54.3 cm³/mol. The zero-order valence-electron chi connectivity index (χ0n) is 8.38. The molecule has 2 rings (SSSR count). The summed E-state index contributed by atoms with van der Waals surface area (Å²) in [5, 5.41) is 18.5. The van der Waals surface area contributed by atoms with E-state index in [1.165, 1.54) is 23.9 Å². The van der Waals surface area contributed by atoms with Crippen LogP contribution in [0.2, 0.25) is 0 Å². The molecule has 2 aromatic rings. The lowest BCUT2D eigenvalue weighted by Crippen LogP contribution is -2.20. The van der Waals surface area contributed by atoms with E-state index in [4.69, 9.17) is 5.11 Å². The number of hydrogen-bond donors (Lipinski definition) is 2. The quantitative estimate of drug-likeness (QED) is 0.750. The van der Waals surface area contributed by atoms with Crippen LogP contribution in [0.4, 0.5) is 4.39 Å². The zero-order chi connectivity index (χ0) is 11.9. The topological polar surface area (TPSA) is 67.4 Å². The summed E-state index contributed by atoms with van der Waals surface area (Å²) in [6.45, 7) is 0. The fourth-order valence-corrected chi connectivity index (χ4v) is 1.42. The standard InChI is InChI=1S/C10H9FN2O3/c1-12-5-9(15)13(10(12)16)6-2-3-8(14)7(11)4-6/h2-5,14-15H,1H3. The Morgan fingerprint density at radius 2 is 2.00 bits per heavy atom. The van der Waals surface area contributed by atoms with Gasteiger partial charge in [-0.15, -0.1) is 0 Å². The van der Waals surface area contributed by atoms with Gasteiger partial charge in [-0.05, 0) is 12.1 Å². The Hall–Kier alpha value is -2.24. The first-order chi connectivity index (χ1) is 7.50. The molecule has 0 aliphatic rings. The van der Waals surface area contributed by atoms with E-state index in [-0.39, 0.29) is 11.6 Å². The molecule has 84 valence electrons. The molecule has 0 atom stereocenters. The van der Waals surface area contributed by atoms with Crippen molar-refractivity contribution in [3.63, 3.8) is 0 Å². The fourth-order valence-electron chi connectivity index (χ4n) is 1.42. The Bertz CT molecular complexity index is 601. The van der Waals surface area contributed by atoms with Gasteiger partial charge in [-0.2, -0.15) is 0 Å². The third kappa shape index (κ3) is 1.44. The molecule has 0 fully saturated rings. The monoisotopic (exact) mass is 224 g/mol. The second-order valence-corrected chi connectivity index (χ2v) is 3.35. The first-order valence-electron chi connectivity index (χ1n) is 4.47. The summed E-state index contributed by atoms with van der Waals surface area (Å²) >= 11 is 0. The predicted octanol–water partition coefficient (Wildman–Crippen LogP) is 0.726. The molecule has 0 aliphatic heterocycles. The number of aromatic hydroxyl groups is 2. The molecule has 1 aromatic carbocycles. The maximum atomic E-state index is 13.1. The Morgan fingerprint density at radius 3 is 2.50 bits per heavy atom. The molecule has 0 saturated heterocycles. The molecular formula is C10H9FN2O3. The molecular weight excluding hydrogens is 215 g/mol. The summed E-state index contributed by atoms with van der Waals surface area (Å²) in [5.41, 5.74) is -0.346. The Morgan fingerprint density at radius 1 is 1.31 bits per heavy atom. The highest BCUT2D eigenvalue weighted by Crippen LogP contribution is 2.20. The zero-order valence-corrected chi connectivity index (χ0v) is 8.38. The van der Waals surface area contributed by atoms with Gasteiger partial charge in [-0.1, -0.05) is 0 Å². The number of phenols is 1. The van der Waals surface area contributed by atoms with Crippen molar-refractivity contribution in [1.29, 1.82) is 0 Å². The molecule has 0 radical (unpaired) electrons. The number of imidazole rings is 1. The van der Waals surface area contributed by atoms with Gasteiger partial charge in [0.25, 0.3) is 0 Å². The highest BCUT2D eigenvalue weighted by molar-refractivity contribution is 5.40. The minimum Gasteiger partial charge on any atom is -0.505 e. The molecule has 0 unspecified atom stereocenters. The van der Waals surface area contributed by atoms with Crippen LogP contribution in [0.15, 0.2) is 29.2 Å². The summed E-state index contributed by atoms with van der Waals surface area (Å²) in [7, 11) is 1.47. The second-order valence-electron chi connectivity index (χ2n) is 3.35. The van der Waals surface area contributed by atoms with Crippen LogP contribution in [-0.2, 0) is 7.05 Å². The lowest BCUT2D eigenvalue weighted by atomic mass is 10.3. The number of phenolic OH excluding ortho intramolecular Hbond substituents is 1. The van der Waals surface area contributed by atoms with Gasteiger partial charge in [-0.25, -0.2) is 13.8 Å². The minimum absolute atomic E-state index is 0.151. The van der Waals surface area contributed by atoms with Crippen molar-refractivity contribution in [1.82, 2.24) is 9.13 Å². The van der Waals surface area contributed by atoms with E-state index in [9.17, 15) is 14.3 Å². The molecule has 0 saturated carbocycles. The second kappa shape index (κ2) is 3.41. The average Bonchev–Trinajstić information content (AvgIpc) is 2.47. The third-order valence-electron chi connectivity index (χ3n) is 2.22. The van der Waals surface area contributed by atoms with E-state index in [0.717, 1.165) is 16.7 Å². The molecule has 0 spiro atoms. The van der Waals surface area contributed by atoms with Gasteiger partial charge in [0, 0.05) is 13.1 Å². The Balaban J connectivity index is 2.68. The lowest BCUT2D eigenvalue weighted by molar-refractivity contribution is 0.429. The van der Waals surface area contributed by atoms with Crippen LogP contribution in [0.25, 0.3) is 5.69 Å². The van der Waals surface area contributed by atoms with Crippen LogP contribution in [0.3, 0.4) is 0 Å². The van der Waals surface area contributed by atoms with Gasteiger partial charge < -0.3 is 10.2 Å². The maximum Gasteiger partial charge on any atom is 0.335 e. The smallest absolute Gasteiger partial charge is 0.335 e. The fraction of sp³-hybridized carbons (Fsp3) is 0.100. The average molecular weight is 224 g/mol. The SMILES string of the molecule is Cn1cc(O)n(-c2ccc(O)c(F)c2)c1=O. The van der Waals surface area contributed by atoms with E-state index in [0.29, 0.717) is 0 Å². The molecule has 5 nitrogen and oxygen atoms in total. The molecule has 0 aliphatic carbocycles. The normalized spacial score (nSPS) is 10.6. The van der Waals surface area contributed by atoms with E-state index in [1.54, 1.807) is 0 Å². The van der Waals surface area contributed by atoms with E-state index in [2.05, 4.69) is 0 Å². The number of hydrogen-bond acceptors (Lipinski definition) is 3. The molecule has 0 bridgehead atoms. The van der Waals surface area contributed by atoms with Gasteiger partial charge in [0.2, 0.25) is 5.88 Å².